The summed E-state index contributed by atoms with van der Waals surface area (Å²) in [6.45, 7) is 8.75. The molecule has 2 atom stereocenters. The molecule has 2 aliphatic rings. The van der Waals surface area contributed by atoms with Gasteiger partial charge in [0.1, 0.15) is 18.8 Å². The van der Waals surface area contributed by atoms with Crippen LogP contribution in [0.5, 0.6) is 0 Å². The van der Waals surface area contributed by atoms with Gasteiger partial charge in [0.05, 0.1) is 5.92 Å². The van der Waals surface area contributed by atoms with Crippen molar-refractivity contribution in [1.29, 1.82) is 0 Å². The van der Waals surface area contributed by atoms with Gasteiger partial charge in [-0.1, -0.05) is 60.7 Å². The molecule has 2 aromatic rings. The van der Waals surface area contributed by atoms with Crippen LogP contribution in [-0.4, -0.2) is 77.2 Å². The fourth-order valence-electron chi connectivity index (χ4n) is 5.95. The fourth-order valence-corrected chi connectivity index (χ4v) is 5.95. The van der Waals surface area contributed by atoms with Crippen LogP contribution in [0.1, 0.15) is 77.3 Å². The Labute approximate surface area is 288 Å². The van der Waals surface area contributed by atoms with E-state index < -0.39 is 35.2 Å². The fraction of sp³-hybridized carbons (Fsp3) is 0.541. The molecule has 2 aromatic carbocycles. The lowest BCUT2D eigenvalue weighted by Crippen LogP contribution is -2.65. The number of benzene rings is 2. The summed E-state index contributed by atoms with van der Waals surface area (Å²) >= 11 is 0. The average Bonchev–Trinajstić information content (AvgIpc) is 3.09. The van der Waals surface area contributed by atoms with Crippen molar-refractivity contribution >= 4 is 30.0 Å². The highest BCUT2D eigenvalue weighted by atomic mass is 16.6. The molecule has 0 saturated carbocycles. The van der Waals surface area contributed by atoms with Crippen molar-refractivity contribution in [2.24, 2.45) is 11.8 Å². The molecule has 12 nitrogen and oxygen atoms in total. The number of alkyl carbamates (subject to hydrolysis) is 1. The summed E-state index contributed by atoms with van der Waals surface area (Å²) in [6.07, 6.45) is 2.60. The van der Waals surface area contributed by atoms with Crippen LogP contribution in [0.15, 0.2) is 60.7 Å². The van der Waals surface area contributed by atoms with E-state index >= 15 is 0 Å². The number of amides is 4. The molecule has 2 aliphatic heterocycles. The number of carbonyl (C=O) groups excluding carboxylic acids is 5. The van der Waals surface area contributed by atoms with Crippen LogP contribution in [0.4, 0.5) is 9.59 Å². The van der Waals surface area contributed by atoms with E-state index in [1.165, 1.54) is 6.92 Å². The number of piperidine rings is 2. The minimum Gasteiger partial charge on any atom is -0.458 e. The van der Waals surface area contributed by atoms with Crippen LogP contribution in [0, 0.1) is 11.8 Å². The summed E-state index contributed by atoms with van der Waals surface area (Å²) in [6, 6.07) is 18.1. The number of nitrogens with zero attached hydrogens (tertiary/aromatic N) is 2. The van der Waals surface area contributed by atoms with Gasteiger partial charge >= 0.3 is 18.2 Å². The molecule has 4 amide bonds. The lowest BCUT2D eigenvalue weighted by molar-refractivity contribution is -0.156. The van der Waals surface area contributed by atoms with Crippen molar-refractivity contribution in [2.45, 2.75) is 90.7 Å². The largest absolute Gasteiger partial charge is 0.458 e. The van der Waals surface area contributed by atoms with Crippen molar-refractivity contribution in [3.8, 4) is 0 Å². The minimum atomic E-state index is -1.93. The Hall–Kier alpha value is -4.61. The second-order valence-electron chi connectivity index (χ2n) is 14.0. The van der Waals surface area contributed by atoms with Gasteiger partial charge in [0.2, 0.25) is 17.5 Å². The Morgan fingerprint density at radius 2 is 1.35 bits per heavy atom. The smallest absolute Gasteiger partial charge is 0.410 e. The molecule has 2 saturated heterocycles. The third-order valence-corrected chi connectivity index (χ3v) is 8.74. The predicted octanol–water partition coefficient (Wildman–Crippen LogP) is 5.15. The van der Waals surface area contributed by atoms with Gasteiger partial charge in [-0.2, -0.15) is 0 Å². The molecular weight excluding hydrogens is 628 g/mol. The number of ether oxygens (including phenoxy) is 3. The van der Waals surface area contributed by atoms with E-state index in [1.54, 1.807) is 34.1 Å². The molecule has 49 heavy (non-hydrogen) atoms. The number of hydrogen-bond donors (Lipinski definition) is 2. The highest BCUT2D eigenvalue weighted by Gasteiger charge is 2.41. The van der Waals surface area contributed by atoms with Crippen LogP contribution in [-0.2, 0) is 41.8 Å². The van der Waals surface area contributed by atoms with Crippen molar-refractivity contribution in [1.82, 2.24) is 20.4 Å². The first-order valence-corrected chi connectivity index (χ1v) is 17.1. The molecule has 2 N–H and O–H groups in total. The molecule has 0 spiro atoms. The second-order valence-corrected chi connectivity index (χ2v) is 14.0. The van der Waals surface area contributed by atoms with Crippen LogP contribution >= 0.6 is 0 Å². The molecule has 0 unspecified atom stereocenters. The average molecular weight is 679 g/mol. The molecule has 4 rings (SSSR count). The normalized spacial score (nSPS) is 18.1. The van der Waals surface area contributed by atoms with E-state index in [0.29, 0.717) is 51.2 Å². The number of rotatable bonds is 11. The predicted molar refractivity (Wildman–Crippen MR) is 182 cm³/mol. The Kier molecular flexibility index (Phi) is 13.0. The summed E-state index contributed by atoms with van der Waals surface area (Å²) in [4.78, 5) is 68.9. The van der Waals surface area contributed by atoms with E-state index in [2.05, 4.69) is 10.6 Å². The number of esters is 1. The van der Waals surface area contributed by atoms with Crippen LogP contribution in [0.2, 0.25) is 0 Å². The van der Waals surface area contributed by atoms with Crippen LogP contribution in [0.25, 0.3) is 0 Å². The van der Waals surface area contributed by atoms with E-state index in [0.717, 1.165) is 24.0 Å². The zero-order chi connectivity index (χ0) is 35.4. The number of nitrogens with one attached hydrogen (secondary N) is 2. The molecule has 12 heteroatoms. The minimum absolute atomic E-state index is 0.0280. The molecule has 2 fully saturated rings. The summed E-state index contributed by atoms with van der Waals surface area (Å²) < 4.78 is 16.3. The maximum absolute atomic E-state index is 13.6. The number of carbonyl (C=O) groups is 5. The summed E-state index contributed by atoms with van der Waals surface area (Å²) in [7, 11) is 0. The monoisotopic (exact) mass is 678 g/mol. The third-order valence-electron chi connectivity index (χ3n) is 8.74. The van der Waals surface area contributed by atoms with Crippen molar-refractivity contribution < 1.29 is 38.2 Å². The van der Waals surface area contributed by atoms with Crippen molar-refractivity contribution in [2.75, 3.05) is 26.2 Å². The number of likely N-dealkylation sites (tertiary alicyclic amines) is 2. The molecule has 0 aliphatic carbocycles. The molecule has 0 bridgehead atoms. The van der Waals surface area contributed by atoms with Crippen molar-refractivity contribution in [3.63, 3.8) is 0 Å². The van der Waals surface area contributed by atoms with Gasteiger partial charge in [0.15, 0.2) is 0 Å². The van der Waals surface area contributed by atoms with Gasteiger partial charge < -0.3 is 29.3 Å². The van der Waals surface area contributed by atoms with Crippen LogP contribution in [0.3, 0.4) is 0 Å². The molecular formula is C37H50N4O8. The first-order valence-electron chi connectivity index (χ1n) is 17.1. The lowest BCUT2D eigenvalue weighted by Gasteiger charge is -2.36. The standard InChI is InChI=1S/C37H50N4O8/c1-36(2,3)49-35(46)40-22-19-27(20-23-40)17-18-31(42)41-21-11-16-30(24-41)32(43)38-37(4,33(44)47-25-28-12-7-5-8-13-28)39-34(45)48-26-29-14-9-6-10-15-29/h5-10,12-15,27,30H,11,16-26H2,1-4H3,(H,38,43)(H,39,45)/t30-,37-/m1/s1. The van der Waals surface area contributed by atoms with E-state index in [1.807, 2.05) is 57.2 Å². The second kappa shape index (κ2) is 17.2. The molecule has 266 valence electrons. The van der Waals surface area contributed by atoms with E-state index in [-0.39, 0.29) is 31.8 Å². The van der Waals surface area contributed by atoms with Gasteiger partial charge in [0.25, 0.3) is 0 Å². The Balaban J connectivity index is 1.31. The third kappa shape index (κ3) is 11.8. The quantitative estimate of drug-likeness (QED) is 0.189. The zero-order valence-electron chi connectivity index (χ0n) is 29.1. The van der Waals surface area contributed by atoms with E-state index in [9.17, 15) is 24.0 Å². The maximum atomic E-state index is 13.6. The Bertz CT molecular complexity index is 1420. The van der Waals surface area contributed by atoms with Gasteiger partial charge in [-0.15, -0.1) is 0 Å². The Morgan fingerprint density at radius 1 is 0.755 bits per heavy atom. The topological polar surface area (TPSA) is 144 Å². The summed E-state index contributed by atoms with van der Waals surface area (Å²) in [5, 5.41) is 5.19. The van der Waals surface area contributed by atoms with Crippen LogP contribution < -0.4 is 10.6 Å². The lowest BCUT2D eigenvalue weighted by atomic mass is 9.91. The first-order chi connectivity index (χ1) is 23.3. The molecule has 2 heterocycles. The molecule has 0 radical (unpaired) electrons. The summed E-state index contributed by atoms with van der Waals surface area (Å²) in [5.41, 5.74) is -0.974. The SMILES string of the molecule is CC(C)(C)OC(=O)N1CCC(CCC(=O)N2CCC[C@@H](C(=O)N[C@](C)(NC(=O)OCc3ccccc3)C(=O)OCc3ccccc3)C2)CC1. The molecule has 0 aromatic heterocycles. The maximum Gasteiger partial charge on any atom is 0.410 e. The zero-order valence-corrected chi connectivity index (χ0v) is 29.1. The van der Waals surface area contributed by atoms with Gasteiger partial charge in [-0.3, -0.25) is 14.9 Å². The summed E-state index contributed by atoms with van der Waals surface area (Å²) in [5.74, 6) is -1.63. The van der Waals surface area contributed by atoms with E-state index in [4.69, 9.17) is 14.2 Å². The highest BCUT2D eigenvalue weighted by molar-refractivity contribution is 5.91. The highest BCUT2D eigenvalue weighted by Crippen LogP contribution is 2.25. The van der Waals surface area contributed by atoms with Gasteiger partial charge in [0, 0.05) is 32.6 Å². The van der Waals surface area contributed by atoms with Gasteiger partial charge in [-0.05, 0) is 76.8 Å². The number of hydrogen-bond acceptors (Lipinski definition) is 8. The van der Waals surface area contributed by atoms with Crippen molar-refractivity contribution in [3.05, 3.63) is 71.8 Å². The van der Waals surface area contributed by atoms with Gasteiger partial charge in [-0.25, -0.2) is 14.4 Å². The first kappa shape index (κ1) is 37.2. The Morgan fingerprint density at radius 3 is 1.94 bits per heavy atom.